The van der Waals surface area contributed by atoms with Gasteiger partial charge in [0, 0.05) is 36.0 Å². The summed E-state index contributed by atoms with van der Waals surface area (Å²) < 4.78 is 6.04. The smallest absolute Gasteiger partial charge is 0.270 e. The molecule has 0 aromatic carbocycles. The maximum Gasteiger partial charge on any atom is 0.270 e. The fraction of sp³-hybridized carbons (Fsp3) is 0.385. The zero-order chi connectivity index (χ0) is 13.7. The Balaban J connectivity index is 2.05. The van der Waals surface area contributed by atoms with Crippen LogP contribution >= 0.6 is 15.9 Å². The molecule has 1 N–H and O–H groups in total. The normalized spacial score (nSPS) is 15.1. The lowest BCUT2D eigenvalue weighted by atomic mass is 10.2. The van der Waals surface area contributed by atoms with Gasteiger partial charge in [-0.15, -0.1) is 0 Å². The first-order chi connectivity index (χ1) is 9.16. The molecule has 1 fully saturated rings. The number of morpholine rings is 1. The van der Waals surface area contributed by atoms with Crippen LogP contribution in [0.4, 0.5) is 5.69 Å². The number of anilines is 1. The summed E-state index contributed by atoms with van der Waals surface area (Å²) in [7, 11) is 0. The van der Waals surface area contributed by atoms with Gasteiger partial charge in [0.15, 0.2) is 0 Å². The van der Waals surface area contributed by atoms with Crippen LogP contribution in [0.1, 0.15) is 10.5 Å². The minimum atomic E-state index is -0.198. The average molecular weight is 326 g/mol. The second-order valence-electron chi connectivity index (χ2n) is 4.20. The van der Waals surface area contributed by atoms with Gasteiger partial charge >= 0.3 is 0 Å². The third kappa shape index (κ3) is 4.04. The third-order valence-electron chi connectivity index (χ3n) is 2.79. The van der Waals surface area contributed by atoms with Crippen LogP contribution in [0, 0.1) is 0 Å². The van der Waals surface area contributed by atoms with Gasteiger partial charge in [0.2, 0.25) is 0 Å². The summed E-state index contributed by atoms with van der Waals surface area (Å²) in [6.45, 7) is 7.17. The van der Waals surface area contributed by atoms with Gasteiger partial charge in [0.05, 0.1) is 13.2 Å². The number of nitrogens with zero attached hydrogens (tertiary/aromatic N) is 2. The topological polar surface area (TPSA) is 54.5 Å². The second kappa shape index (κ2) is 6.68. The van der Waals surface area contributed by atoms with Gasteiger partial charge < -0.3 is 15.0 Å². The molecule has 0 atom stereocenters. The molecule has 0 aliphatic carbocycles. The second-order valence-corrected chi connectivity index (χ2v) is 5.32. The van der Waals surface area contributed by atoms with Crippen LogP contribution in [0.5, 0.6) is 0 Å². The van der Waals surface area contributed by atoms with Gasteiger partial charge in [0.1, 0.15) is 5.69 Å². The van der Waals surface area contributed by atoms with Gasteiger partial charge in [-0.3, -0.25) is 9.78 Å². The number of carbonyl (C=O) groups is 1. The number of nitrogens with one attached hydrogen (secondary N) is 1. The van der Waals surface area contributed by atoms with Crippen LogP contribution in [0.15, 0.2) is 29.4 Å². The SMILES string of the molecule is C=C(Br)CNC(=O)c1cc(N2CCOCC2)ccn1. The molecule has 1 aliphatic heterocycles. The summed E-state index contributed by atoms with van der Waals surface area (Å²) in [4.78, 5) is 18.2. The molecule has 0 spiro atoms. The maximum atomic E-state index is 11.9. The molecule has 1 amide bonds. The highest BCUT2D eigenvalue weighted by atomic mass is 79.9. The van der Waals surface area contributed by atoms with Crippen LogP contribution in [0.2, 0.25) is 0 Å². The van der Waals surface area contributed by atoms with Crippen molar-refractivity contribution in [1.82, 2.24) is 10.3 Å². The molecule has 5 nitrogen and oxygen atoms in total. The number of rotatable bonds is 4. The summed E-state index contributed by atoms with van der Waals surface area (Å²) >= 11 is 3.20. The first-order valence-electron chi connectivity index (χ1n) is 6.07. The van der Waals surface area contributed by atoms with E-state index in [-0.39, 0.29) is 5.91 Å². The lowest BCUT2D eigenvalue weighted by Gasteiger charge is -2.28. The molecule has 2 rings (SSSR count). The number of carbonyl (C=O) groups excluding carboxylic acids is 1. The summed E-state index contributed by atoms with van der Waals surface area (Å²) in [5.41, 5.74) is 1.42. The average Bonchev–Trinajstić information content (AvgIpc) is 2.46. The van der Waals surface area contributed by atoms with Crippen LogP contribution < -0.4 is 10.2 Å². The Hall–Kier alpha value is -1.40. The van der Waals surface area contributed by atoms with E-state index in [0.717, 1.165) is 23.3 Å². The largest absolute Gasteiger partial charge is 0.378 e. The predicted octanol–water partition coefficient (Wildman–Crippen LogP) is 1.56. The van der Waals surface area contributed by atoms with E-state index in [1.165, 1.54) is 0 Å². The number of ether oxygens (including phenoxy) is 1. The number of amides is 1. The van der Waals surface area contributed by atoms with Crippen LogP contribution in [0.3, 0.4) is 0 Å². The molecule has 0 radical (unpaired) electrons. The Bertz CT molecular complexity index is 473. The summed E-state index contributed by atoms with van der Waals surface area (Å²) in [6, 6.07) is 3.71. The minimum absolute atomic E-state index is 0.198. The van der Waals surface area contributed by atoms with Crippen molar-refractivity contribution in [3.05, 3.63) is 35.1 Å². The van der Waals surface area contributed by atoms with Gasteiger partial charge in [-0.2, -0.15) is 0 Å². The number of pyridine rings is 1. The van der Waals surface area contributed by atoms with E-state index in [1.54, 1.807) is 12.3 Å². The minimum Gasteiger partial charge on any atom is -0.378 e. The number of halogens is 1. The molecule has 1 aromatic rings. The number of hydrogen-bond acceptors (Lipinski definition) is 4. The van der Waals surface area contributed by atoms with Crippen molar-refractivity contribution >= 4 is 27.5 Å². The summed E-state index contributed by atoms with van der Waals surface area (Å²) in [6.07, 6.45) is 1.66. The molecule has 19 heavy (non-hydrogen) atoms. The molecule has 0 saturated carbocycles. The highest BCUT2D eigenvalue weighted by Crippen LogP contribution is 2.16. The van der Waals surface area contributed by atoms with E-state index in [4.69, 9.17) is 4.74 Å². The van der Waals surface area contributed by atoms with Crippen molar-refractivity contribution in [2.24, 2.45) is 0 Å². The third-order valence-corrected chi connectivity index (χ3v) is 3.07. The van der Waals surface area contributed by atoms with Crippen molar-refractivity contribution in [2.75, 3.05) is 37.7 Å². The van der Waals surface area contributed by atoms with Crippen molar-refractivity contribution in [2.45, 2.75) is 0 Å². The highest BCUT2D eigenvalue weighted by Gasteiger charge is 2.14. The Labute approximate surface area is 120 Å². The maximum absolute atomic E-state index is 11.9. The zero-order valence-electron chi connectivity index (χ0n) is 10.6. The van der Waals surface area contributed by atoms with Gasteiger partial charge in [-0.1, -0.05) is 22.5 Å². The fourth-order valence-electron chi connectivity index (χ4n) is 1.83. The van der Waals surface area contributed by atoms with E-state index in [1.807, 2.05) is 6.07 Å². The van der Waals surface area contributed by atoms with E-state index in [9.17, 15) is 4.79 Å². The van der Waals surface area contributed by atoms with Gasteiger partial charge in [0.25, 0.3) is 5.91 Å². The van der Waals surface area contributed by atoms with E-state index in [0.29, 0.717) is 25.5 Å². The van der Waals surface area contributed by atoms with Crippen molar-refractivity contribution in [3.8, 4) is 0 Å². The molecular weight excluding hydrogens is 310 g/mol. The van der Waals surface area contributed by atoms with Crippen LogP contribution in [0.25, 0.3) is 0 Å². The van der Waals surface area contributed by atoms with Gasteiger partial charge in [-0.25, -0.2) is 0 Å². The Morgan fingerprint density at radius 2 is 2.26 bits per heavy atom. The van der Waals surface area contributed by atoms with E-state index >= 15 is 0 Å². The molecule has 1 aliphatic rings. The quantitative estimate of drug-likeness (QED) is 0.912. The molecule has 0 unspecified atom stereocenters. The Kier molecular flexibility index (Phi) is 4.93. The van der Waals surface area contributed by atoms with Crippen LogP contribution in [-0.2, 0) is 4.74 Å². The molecule has 6 heteroatoms. The summed E-state index contributed by atoms with van der Waals surface area (Å²) in [5.74, 6) is -0.198. The first kappa shape index (κ1) is 14.0. The monoisotopic (exact) mass is 325 g/mol. The first-order valence-corrected chi connectivity index (χ1v) is 6.86. The fourth-order valence-corrected chi connectivity index (χ4v) is 1.97. The Morgan fingerprint density at radius 3 is 2.95 bits per heavy atom. The van der Waals surface area contributed by atoms with Crippen molar-refractivity contribution < 1.29 is 9.53 Å². The highest BCUT2D eigenvalue weighted by molar-refractivity contribution is 9.11. The number of hydrogen-bond donors (Lipinski definition) is 1. The molecular formula is C13H16BrN3O2. The zero-order valence-corrected chi connectivity index (χ0v) is 12.1. The standard InChI is InChI=1S/C13H16BrN3O2/c1-10(14)9-16-13(18)12-8-11(2-3-15-12)17-4-6-19-7-5-17/h2-3,8H,1,4-7,9H2,(H,16,18). The number of aromatic nitrogens is 1. The molecule has 1 aromatic heterocycles. The molecule has 102 valence electrons. The van der Waals surface area contributed by atoms with Crippen LogP contribution in [-0.4, -0.2) is 43.7 Å². The predicted molar refractivity (Wildman–Crippen MR) is 77.7 cm³/mol. The molecule has 0 bridgehead atoms. The lowest BCUT2D eigenvalue weighted by Crippen LogP contribution is -2.36. The Morgan fingerprint density at radius 1 is 1.53 bits per heavy atom. The lowest BCUT2D eigenvalue weighted by molar-refractivity contribution is 0.0953. The molecule has 1 saturated heterocycles. The molecule has 2 heterocycles. The van der Waals surface area contributed by atoms with Gasteiger partial charge in [-0.05, 0) is 12.1 Å². The van der Waals surface area contributed by atoms with Crippen molar-refractivity contribution in [3.63, 3.8) is 0 Å². The summed E-state index contributed by atoms with van der Waals surface area (Å²) in [5, 5.41) is 2.74. The van der Waals surface area contributed by atoms with E-state index < -0.39 is 0 Å². The van der Waals surface area contributed by atoms with E-state index in [2.05, 4.69) is 37.7 Å². The van der Waals surface area contributed by atoms with Crippen molar-refractivity contribution in [1.29, 1.82) is 0 Å².